The highest BCUT2D eigenvalue weighted by molar-refractivity contribution is 5.62. The highest BCUT2D eigenvalue weighted by Crippen LogP contribution is 2.35. The van der Waals surface area contributed by atoms with Gasteiger partial charge in [-0.15, -0.1) is 0 Å². The minimum Gasteiger partial charge on any atom is -0.396 e. The topological polar surface area (TPSA) is 32.5 Å². The number of halogens is 1. The number of fused-ring (bicyclic) bond motifs is 1. The molecule has 104 valence electrons. The van der Waals surface area contributed by atoms with Crippen molar-refractivity contribution in [3.8, 4) is 0 Å². The number of nitrogen functional groups attached to an aromatic ring is 1. The van der Waals surface area contributed by atoms with Crippen molar-refractivity contribution in [2.24, 2.45) is 5.92 Å². The number of rotatable bonds is 3. The SMILES string of the molecule is CC(C)N1CN(CC2CC2)Cc2cc(N)c(F)cc21. The Morgan fingerprint density at radius 2 is 2.11 bits per heavy atom. The molecule has 0 bridgehead atoms. The van der Waals surface area contributed by atoms with Crippen LogP contribution in [0.2, 0.25) is 0 Å². The Kier molecular flexibility index (Phi) is 3.13. The van der Waals surface area contributed by atoms with Crippen LogP contribution in [0.3, 0.4) is 0 Å². The Morgan fingerprint density at radius 1 is 1.37 bits per heavy atom. The fourth-order valence-corrected chi connectivity index (χ4v) is 2.83. The summed E-state index contributed by atoms with van der Waals surface area (Å²) in [5.41, 5.74) is 8.13. The molecule has 1 aromatic carbocycles. The third-order valence-corrected chi connectivity index (χ3v) is 4.09. The van der Waals surface area contributed by atoms with Crippen molar-refractivity contribution in [3.05, 3.63) is 23.5 Å². The Hall–Kier alpha value is -1.29. The standard InChI is InChI=1S/C15H22FN3/c1-10(2)19-9-18(7-11-3-4-11)8-12-5-14(17)13(16)6-15(12)19/h5-6,10-11H,3-4,7-9,17H2,1-2H3. The smallest absolute Gasteiger partial charge is 0.148 e. The van der Waals surface area contributed by atoms with Crippen LogP contribution >= 0.6 is 0 Å². The Balaban J connectivity index is 1.91. The molecule has 0 spiro atoms. The van der Waals surface area contributed by atoms with Crippen LogP contribution in [0, 0.1) is 11.7 Å². The van der Waals surface area contributed by atoms with E-state index in [1.165, 1.54) is 12.8 Å². The molecule has 1 heterocycles. The predicted molar refractivity (Wildman–Crippen MR) is 76.4 cm³/mol. The summed E-state index contributed by atoms with van der Waals surface area (Å²) in [6.07, 6.45) is 2.72. The molecule has 1 aromatic rings. The third-order valence-electron chi connectivity index (χ3n) is 4.09. The minimum absolute atomic E-state index is 0.260. The number of benzene rings is 1. The number of hydrogen-bond donors (Lipinski definition) is 1. The maximum Gasteiger partial charge on any atom is 0.148 e. The predicted octanol–water partition coefficient (Wildman–Crippen LogP) is 2.81. The van der Waals surface area contributed by atoms with Crippen molar-refractivity contribution in [3.63, 3.8) is 0 Å². The van der Waals surface area contributed by atoms with E-state index in [0.717, 1.165) is 36.9 Å². The molecule has 0 saturated heterocycles. The van der Waals surface area contributed by atoms with Crippen molar-refractivity contribution in [1.29, 1.82) is 0 Å². The molecule has 19 heavy (non-hydrogen) atoms. The molecule has 1 fully saturated rings. The summed E-state index contributed by atoms with van der Waals surface area (Å²) in [5, 5.41) is 0. The van der Waals surface area contributed by atoms with Gasteiger partial charge in [0.1, 0.15) is 5.82 Å². The van der Waals surface area contributed by atoms with E-state index >= 15 is 0 Å². The van der Waals surface area contributed by atoms with Crippen LogP contribution in [0.4, 0.5) is 15.8 Å². The Labute approximate surface area is 114 Å². The average molecular weight is 263 g/mol. The van der Waals surface area contributed by atoms with Crippen molar-refractivity contribution in [2.75, 3.05) is 23.8 Å². The second kappa shape index (κ2) is 4.67. The molecule has 0 amide bonds. The van der Waals surface area contributed by atoms with E-state index in [1.54, 1.807) is 12.1 Å². The quantitative estimate of drug-likeness (QED) is 0.851. The summed E-state index contributed by atoms with van der Waals surface area (Å²) in [6, 6.07) is 3.77. The first-order valence-corrected chi connectivity index (χ1v) is 7.11. The van der Waals surface area contributed by atoms with Crippen LogP contribution in [-0.2, 0) is 6.54 Å². The lowest BCUT2D eigenvalue weighted by atomic mass is 10.1. The van der Waals surface area contributed by atoms with Crippen LogP contribution in [0.15, 0.2) is 12.1 Å². The van der Waals surface area contributed by atoms with Crippen molar-refractivity contribution in [1.82, 2.24) is 4.90 Å². The molecule has 3 nitrogen and oxygen atoms in total. The van der Waals surface area contributed by atoms with Crippen LogP contribution in [0.5, 0.6) is 0 Å². The van der Waals surface area contributed by atoms with Crippen LogP contribution in [0.25, 0.3) is 0 Å². The second-order valence-electron chi connectivity index (χ2n) is 6.16. The summed E-state index contributed by atoms with van der Waals surface area (Å²) < 4.78 is 13.7. The number of hydrogen-bond acceptors (Lipinski definition) is 3. The molecule has 2 N–H and O–H groups in total. The lowest BCUT2D eigenvalue weighted by Crippen LogP contribution is -2.46. The fraction of sp³-hybridized carbons (Fsp3) is 0.600. The largest absolute Gasteiger partial charge is 0.396 e. The highest BCUT2D eigenvalue weighted by Gasteiger charge is 2.30. The minimum atomic E-state index is -0.306. The normalized spacial score (nSPS) is 19.9. The van der Waals surface area contributed by atoms with Gasteiger partial charge in [0.15, 0.2) is 0 Å². The van der Waals surface area contributed by atoms with E-state index in [-0.39, 0.29) is 11.5 Å². The molecule has 3 rings (SSSR count). The van der Waals surface area contributed by atoms with E-state index in [0.29, 0.717) is 6.04 Å². The van der Waals surface area contributed by atoms with Gasteiger partial charge in [-0.25, -0.2) is 4.39 Å². The fourth-order valence-electron chi connectivity index (χ4n) is 2.83. The first kappa shape index (κ1) is 12.7. The summed E-state index contributed by atoms with van der Waals surface area (Å²) in [5.74, 6) is 0.563. The van der Waals surface area contributed by atoms with Crippen LogP contribution in [0.1, 0.15) is 32.3 Å². The molecule has 1 saturated carbocycles. The van der Waals surface area contributed by atoms with E-state index in [1.807, 2.05) is 0 Å². The van der Waals surface area contributed by atoms with Gasteiger partial charge < -0.3 is 10.6 Å². The Morgan fingerprint density at radius 3 is 2.74 bits per heavy atom. The van der Waals surface area contributed by atoms with Gasteiger partial charge in [-0.3, -0.25) is 4.90 Å². The average Bonchev–Trinajstić information content (AvgIpc) is 3.14. The molecule has 0 atom stereocenters. The number of anilines is 2. The van der Waals surface area contributed by atoms with E-state index in [4.69, 9.17) is 5.73 Å². The number of nitrogens with zero attached hydrogens (tertiary/aromatic N) is 2. The van der Waals surface area contributed by atoms with Crippen LogP contribution in [-0.4, -0.2) is 24.2 Å². The summed E-state index contributed by atoms with van der Waals surface area (Å²) in [7, 11) is 0. The molecule has 0 unspecified atom stereocenters. The molecule has 1 aliphatic carbocycles. The van der Waals surface area contributed by atoms with Gasteiger partial charge >= 0.3 is 0 Å². The monoisotopic (exact) mass is 263 g/mol. The van der Waals surface area contributed by atoms with E-state index in [9.17, 15) is 4.39 Å². The van der Waals surface area contributed by atoms with Crippen molar-refractivity contribution >= 4 is 11.4 Å². The third kappa shape index (κ3) is 2.54. The van der Waals surface area contributed by atoms with E-state index < -0.39 is 0 Å². The number of nitrogens with two attached hydrogens (primary N) is 1. The molecule has 1 aliphatic heterocycles. The maximum absolute atomic E-state index is 13.7. The van der Waals surface area contributed by atoms with Crippen LogP contribution < -0.4 is 10.6 Å². The molecule has 2 aliphatic rings. The van der Waals surface area contributed by atoms with Gasteiger partial charge in [-0.05, 0) is 50.3 Å². The molecule has 4 heteroatoms. The summed E-state index contributed by atoms with van der Waals surface area (Å²) in [6.45, 7) is 7.24. The molecule has 0 aromatic heterocycles. The second-order valence-corrected chi connectivity index (χ2v) is 6.16. The zero-order chi connectivity index (χ0) is 13.6. The van der Waals surface area contributed by atoms with E-state index in [2.05, 4.69) is 23.6 Å². The van der Waals surface area contributed by atoms with Crippen molar-refractivity contribution in [2.45, 2.75) is 39.3 Å². The van der Waals surface area contributed by atoms with Gasteiger partial charge in [0.25, 0.3) is 0 Å². The molecular weight excluding hydrogens is 241 g/mol. The molecular formula is C15H22FN3. The lowest BCUT2D eigenvalue weighted by molar-refractivity contribution is 0.236. The maximum atomic E-state index is 13.7. The van der Waals surface area contributed by atoms with Gasteiger partial charge in [-0.1, -0.05) is 0 Å². The Bertz CT molecular complexity index is 483. The van der Waals surface area contributed by atoms with Gasteiger partial charge in [0, 0.05) is 24.8 Å². The van der Waals surface area contributed by atoms with Gasteiger partial charge in [-0.2, -0.15) is 0 Å². The molecule has 0 radical (unpaired) electrons. The lowest BCUT2D eigenvalue weighted by Gasteiger charge is -2.41. The zero-order valence-electron chi connectivity index (χ0n) is 11.7. The first-order chi connectivity index (χ1) is 9.04. The summed E-state index contributed by atoms with van der Waals surface area (Å²) >= 11 is 0. The zero-order valence-corrected chi connectivity index (χ0v) is 11.7. The summed E-state index contributed by atoms with van der Waals surface area (Å²) in [4.78, 5) is 4.72. The van der Waals surface area contributed by atoms with Gasteiger partial charge in [0.2, 0.25) is 0 Å². The highest BCUT2D eigenvalue weighted by atomic mass is 19.1. The first-order valence-electron chi connectivity index (χ1n) is 7.11. The van der Waals surface area contributed by atoms with Crippen molar-refractivity contribution < 1.29 is 4.39 Å². The van der Waals surface area contributed by atoms with Gasteiger partial charge in [0.05, 0.1) is 12.4 Å².